The molecule has 0 aliphatic carbocycles. The van der Waals surface area contributed by atoms with Gasteiger partial charge in [-0.1, -0.05) is 87.6 Å². The Balaban J connectivity index is 1.39. The molecule has 0 radical (unpaired) electrons. The van der Waals surface area contributed by atoms with Gasteiger partial charge in [-0.3, -0.25) is 0 Å². The predicted octanol–water partition coefficient (Wildman–Crippen LogP) is 11.1. The highest BCUT2D eigenvalue weighted by Gasteiger charge is 2.27. The molecule has 3 aromatic carbocycles. The second kappa shape index (κ2) is 15.9. The van der Waals surface area contributed by atoms with E-state index >= 15 is 8.78 Å². The Labute approximate surface area is 247 Å². The van der Waals surface area contributed by atoms with Crippen molar-refractivity contribution in [2.24, 2.45) is 5.92 Å². The molecule has 0 bridgehead atoms. The second-order valence-corrected chi connectivity index (χ2v) is 11.2. The number of hydrogen-bond acceptors (Lipinski definition) is 2. The molecule has 1 aliphatic rings. The normalized spacial score (nSPS) is 17.2. The maximum absolute atomic E-state index is 15.2. The van der Waals surface area contributed by atoms with E-state index < -0.39 is 29.4 Å². The molecule has 1 fully saturated rings. The number of halogens is 4. The van der Waals surface area contributed by atoms with Crippen molar-refractivity contribution in [1.82, 2.24) is 0 Å². The van der Waals surface area contributed by atoms with Gasteiger partial charge in [0.15, 0.2) is 23.2 Å². The fourth-order valence-corrected chi connectivity index (χ4v) is 5.57. The molecule has 0 amide bonds. The lowest BCUT2D eigenvalue weighted by Crippen LogP contribution is -2.21. The molecular weight excluding hydrogens is 540 g/mol. The highest BCUT2D eigenvalue weighted by molar-refractivity contribution is 5.71. The van der Waals surface area contributed by atoms with E-state index in [1.54, 1.807) is 36.4 Å². The van der Waals surface area contributed by atoms with Gasteiger partial charge in [-0.15, -0.1) is 0 Å². The molecule has 1 heterocycles. The number of ether oxygens (including phenoxy) is 2. The van der Waals surface area contributed by atoms with E-state index in [4.69, 9.17) is 9.47 Å². The molecule has 226 valence electrons. The monoisotopic (exact) mass is 582 g/mol. The van der Waals surface area contributed by atoms with E-state index in [1.807, 2.05) is 13.0 Å². The van der Waals surface area contributed by atoms with Gasteiger partial charge < -0.3 is 9.47 Å². The van der Waals surface area contributed by atoms with Gasteiger partial charge in [0.25, 0.3) is 0 Å². The summed E-state index contributed by atoms with van der Waals surface area (Å²) in [7, 11) is 0. The molecular formula is C36H42F4O2. The Morgan fingerprint density at radius 1 is 0.762 bits per heavy atom. The van der Waals surface area contributed by atoms with E-state index in [9.17, 15) is 8.78 Å². The first kappa shape index (κ1) is 31.8. The maximum atomic E-state index is 15.2. The molecule has 2 atom stereocenters. The average molecular weight is 583 g/mol. The second-order valence-electron chi connectivity index (χ2n) is 11.2. The van der Waals surface area contributed by atoms with Gasteiger partial charge in [0.1, 0.15) is 0 Å². The van der Waals surface area contributed by atoms with Gasteiger partial charge in [0.2, 0.25) is 5.82 Å². The van der Waals surface area contributed by atoms with Crippen LogP contribution >= 0.6 is 0 Å². The van der Waals surface area contributed by atoms with Crippen LogP contribution in [-0.4, -0.2) is 13.2 Å². The summed E-state index contributed by atoms with van der Waals surface area (Å²) >= 11 is 0. The Kier molecular flexibility index (Phi) is 12.1. The smallest absolute Gasteiger partial charge is 0.201 e. The van der Waals surface area contributed by atoms with Crippen LogP contribution < -0.4 is 4.74 Å². The van der Waals surface area contributed by atoms with Crippen molar-refractivity contribution in [2.75, 3.05) is 13.2 Å². The third-order valence-electron chi connectivity index (χ3n) is 8.12. The highest BCUT2D eigenvalue weighted by Crippen LogP contribution is 2.37. The van der Waals surface area contributed by atoms with Crippen LogP contribution in [0.1, 0.15) is 89.7 Å². The number of hydrogen-bond donors (Lipinski definition) is 0. The third-order valence-corrected chi connectivity index (χ3v) is 8.12. The first-order chi connectivity index (χ1) is 20.4. The predicted molar refractivity (Wildman–Crippen MR) is 161 cm³/mol. The molecule has 0 aromatic heterocycles. The average Bonchev–Trinajstić information content (AvgIpc) is 3.01. The van der Waals surface area contributed by atoms with Crippen LogP contribution in [-0.2, 0) is 4.74 Å². The fourth-order valence-electron chi connectivity index (χ4n) is 5.57. The molecule has 4 rings (SSSR count). The molecule has 42 heavy (non-hydrogen) atoms. The lowest BCUT2D eigenvalue weighted by atomic mass is 9.90. The summed E-state index contributed by atoms with van der Waals surface area (Å²) in [5.74, 6) is -3.55. The molecule has 3 aromatic rings. The largest absolute Gasteiger partial charge is 0.490 e. The number of unbranched alkanes of at least 4 members (excludes halogenated alkanes) is 5. The standard InChI is InChI=1S/C36H42F4O2/c1-3-5-7-8-9-11-23-41-32-22-20-29(34(38)36(32)40)27-16-14-26(15-17-27)28-18-19-30(35(39)33(28)37)31-21-13-25(24-42-31)12-10-6-4-2/h4,6,14-20,22,25,31H,3,5,7-13,21,23-24H2,1-2H3/b6-4+. The SMILES string of the molecule is C/C=C/CCC1CCC(c2ccc(-c3ccc(-c4ccc(OCCCCCCCC)c(F)c4F)cc3)c(F)c2F)OC1. The van der Waals surface area contributed by atoms with Gasteiger partial charge in [-0.25, -0.2) is 13.2 Å². The van der Waals surface area contributed by atoms with E-state index in [-0.39, 0.29) is 22.4 Å². The van der Waals surface area contributed by atoms with Crippen molar-refractivity contribution in [3.8, 4) is 28.0 Å². The van der Waals surface area contributed by atoms with Crippen LogP contribution in [0.25, 0.3) is 22.3 Å². The molecule has 0 saturated carbocycles. The van der Waals surface area contributed by atoms with Crippen molar-refractivity contribution in [1.29, 1.82) is 0 Å². The summed E-state index contributed by atoms with van der Waals surface area (Å²) in [4.78, 5) is 0. The first-order valence-corrected chi connectivity index (χ1v) is 15.4. The Bertz CT molecular complexity index is 1310. The minimum atomic E-state index is -1.03. The van der Waals surface area contributed by atoms with Gasteiger partial charge >= 0.3 is 0 Å². The zero-order valence-corrected chi connectivity index (χ0v) is 24.7. The van der Waals surface area contributed by atoms with Crippen LogP contribution in [0.15, 0.2) is 60.7 Å². The van der Waals surface area contributed by atoms with Crippen molar-refractivity contribution < 1.29 is 27.0 Å². The van der Waals surface area contributed by atoms with Crippen LogP contribution in [0.4, 0.5) is 17.6 Å². The topological polar surface area (TPSA) is 18.5 Å². The Hall–Kier alpha value is -3.12. The van der Waals surface area contributed by atoms with Crippen LogP contribution in [0, 0.1) is 29.2 Å². The molecule has 1 aliphatic heterocycles. The summed E-state index contributed by atoms with van der Waals surface area (Å²) < 4.78 is 71.5. The van der Waals surface area contributed by atoms with E-state index in [0.717, 1.165) is 38.5 Å². The third kappa shape index (κ3) is 8.03. The summed E-state index contributed by atoms with van der Waals surface area (Å²) in [6.45, 7) is 5.03. The lowest BCUT2D eigenvalue weighted by Gasteiger charge is -2.29. The van der Waals surface area contributed by atoms with Gasteiger partial charge in [-0.2, -0.15) is 4.39 Å². The quantitative estimate of drug-likeness (QED) is 0.107. The van der Waals surface area contributed by atoms with Gasteiger partial charge in [0.05, 0.1) is 19.3 Å². The van der Waals surface area contributed by atoms with Crippen molar-refractivity contribution in [3.63, 3.8) is 0 Å². The number of benzene rings is 3. The maximum Gasteiger partial charge on any atom is 0.201 e. The molecule has 0 spiro atoms. The lowest BCUT2D eigenvalue weighted by molar-refractivity contribution is -0.0210. The minimum absolute atomic E-state index is 0.0754. The number of allylic oxidation sites excluding steroid dienone is 2. The van der Waals surface area contributed by atoms with E-state index in [0.29, 0.717) is 36.7 Å². The molecule has 6 heteroatoms. The van der Waals surface area contributed by atoms with Crippen molar-refractivity contribution in [2.45, 2.75) is 84.2 Å². The summed E-state index contributed by atoms with van der Waals surface area (Å²) in [5, 5.41) is 0. The van der Waals surface area contributed by atoms with E-state index in [2.05, 4.69) is 13.0 Å². The van der Waals surface area contributed by atoms with Gasteiger partial charge in [0, 0.05) is 16.7 Å². The molecule has 2 unspecified atom stereocenters. The van der Waals surface area contributed by atoms with Crippen LogP contribution in [0.3, 0.4) is 0 Å². The highest BCUT2D eigenvalue weighted by atomic mass is 19.2. The van der Waals surface area contributed by atoms with Crippen LogP contribution in [0.2, 0.25) is 0 Å². The summed E-state index contributed by atoms with van der Waals surface area (Å²) in [6, 6.07) is 12.4. The Morgan fingerprint density at radius 3 is 2.05 bits per heavy atom. The zero-order chi connectivity index (χ0) is 29.9. The minimum Gasteiger partial charge on any atom is -0.490 e. The van der Waals surface area contributed by atoms with E-state index in [1.165, 1.54) is 31.4 Å². The molecule has 0 N–H and O–H groups in total. The van der Waals surface area contributed by atoms with Gasteiger partial charge in [-0.05, 0) is 68.2 Å². The first-order valence-electron chi connectivity index (χ1n) is 15.4. The Morgan fingerprint density at radius 2 is 1.40 bits per heavy atom. The van der Waals surface area contributed by atoms with Crippen LogP contribution in [0.5, 0.6) is 5.75 Å². The number of rotatable bonds is 14. The van der Waals surface area contributed by atoms with Crippen molar-refractivity contribution in [3.05, 3.63) is 89.5 Å². The molecule has 1 saturated heterocycles. The fraction of sp³-hybridized carbons (Fsp3) is 0.444. The summed E-state index contributed by atoms with van der Waals surface area (Å²) in [5.41, 5.74) is 1.28. The summed E-state index contributed by atoms with van der Waals surface area (Å²) in [6.07, 6.45) is 13.7. The molecule has 2 nitrogen and oxygen atoms in total. The van der Waals surface area contributed by atoms with Crippen molar-refractivity contribution >= 4 is 0 Å². The zero-order valence-electron chi connectivity index (χ0n) is 24.7.